The van der Waals surface area contributed by atoms with Crippen molar-refractivity contribution < 1.29 is 23.9 Å². The second kappa shape index (κ2) is 11.7. The van der Waals surface area contributed by atoms with Gasteiger partial charge in [-0.1, -0.05) is 46.9 Å². The molecule has 37 heavy (non-hydrogen) atoms. The van der Waals surface area contributed by atoms with E-state index < -0.39 is 17.8 Å². The number of nitrogens with one attached hydrogen (secondary N) is 1. The molecule has 3 aromatic rings. The number of ether oxygens (including phenoxy) is 2. The molecule has 0 spiro atoms. The van der Waals surface area contributed by atoms with Crippen LogP contribution in [0.4, 0.5) is 10.5 Å². The second-order valence-electron chi connectivity index (χ2n) is 7.74. The average Bonchev–Trinajstić information content (AvgIpc) is 2.83. The number of imide groups is 2. The van der Waals surface area contributed by atoms with Crippen LogP contribution < -0.4 is 19.7 Å². The van der Waals surface area contributed by atoms with Crippen molar-refractivity contribution in [2.75, 3.05) is 11.5 Å². The standard InChI is InChI=1S/C26H18Cl3IN2O5/c1-2-36-22-11-15(10-21(30)23(22)37-13-14-4-3-5-16(27)8-14)9-18-24(33)31-26(35)32(25(18)34)17-6-7-19(28)20(29)12-17/h3-12H,2,13H2,1H3,(H,31,33,35)/b18-9+. The Labute approximate surface area is 241 Å². The molecule has 0 atom stereocenters. The van der Waals surface area contributed by atoms with Crippen LogP contribution >= 0.6 is 57.4 Å². The number of urea groups is 1. The molecule has 4 rings (SSSR count). The highest BCUT2D eigenvalue weighted by molar-refractivity contribution is 14.1. The summed E-state index contributed by atoms with van der Waals surface area (Å²) in [6, 6.07) is 14.1. The molecule has 0 radical (unpaired) electrons. The van der Waals surface area contributed by atoms with E-state index >= 15 is 0 Å². The van der Waals surface area contributed by atoms with E-state index in [1.165, 1.54) is 24.3 Å². The Morgan fingerprint density at radius 3 is 2.46 bits per heavy atom. The average molecular weight is 672 g/mol. The van der Waals surface area contributed by atoms with Crippen molar-refractivity contribution in [2.24, 2.45) is 0 Å². The van der Waals surface area contributed by atoms with Gasteiger partial charge >= 0.3 is 6.03 Å². The van der Waals surface area contributed by atoms with Gasteiger partial charge in [-0.05, 0) is 89.2 Å². The number of nitrogens with zero attached hydrogens (tertiary/aromatic N) is 1. The minimum Gasteiger partial charge on any atom is -0.490 e. The Kier molecular flexibility index (Phi) is 8.63. The monoisotopic (exact) mass is 670 g/mol. The Balaban J connectivity index is 1.67. The largest absolute Gasteiger partial charge is 0.490 e. The molecule has 1 N–H and O–H groups in total. The third-order valence-corrected chi connectivity index (χ3v) is 6.95. The lowest BCUT2D eigenvalue weighted by molar-refractivity contribution is -0.122. The van der Waals surface area contributed by atoms with E-state index in [2.05, 4.69) is 27.9 Å². The molecule has 0 unspecified atom stereocenters. The second-order valence-corrected chi connectivity index (χ2v) is 10.2. The van der Waals surface area contributed by atoms with Gasteiger partial charge in [-0.15, -0.1) is 0 Å². The molecule has 3 aromatic carbocycles. The maximum absolute atomic E-state index is 13.2. The summed E-state index contributed by atoms with van der Waals surface area (Å²) in [7, 11) is 0. The maximum atomic E-state index is 13.2. The van der Waals surface area contributed by atoms with Crippen molar-refractivity contribution in [1.82, 2.24) is 5.32 Å². The van der Waals surface area contributed by atoms with Crippen LogP contribution in [0, 0.1) is 3.57 Å². The van der Waals surface area contributed by atoms with Crippen LogP contribution in [0.25, 0.3) is 6.08 Å². The van der Waals surface area contributed by atoms with Crippen LogP contribution in [0.3, 0.4) is 0 Å². The number of halogens is 4. The number of carbonyl (C=O) groups excluding carboxylic acids is 3. The van der Waals surface area contributed by atoms with Crippen LogP contribution in [0.5, 0.6) is 11.5 Å². The van der Waals surface area contributed by atoms with Crippen molar-refractivity contribution in [3.8, 4) is 11.5 Å². The topological polar surface area (TPSA) is 84.9 Å². The first kappa shape index (κ1) is 27.3. The summed E-state index contributed by atoms with van der Waals surface area (Å²) in [6.07, 6.45) is 1.39. The fourth-order valence-corrected chi connectivity index (χ4v) is 4.83. The number of hydrogen-bond acceptors (Lipinski definition) is 5. The van der Waals surface area contributed by atoms with Crippen molar-refractivity contribution in [3.05, 3.63) is 89.9 Å². The lowest BCUT2D eigenvalue weighted by Crippen LogP contribution is -2.54. The molecule has 190 valence electrons. The maximum Gasteiger partial charge on any atom is 0.335 e. The highest BCUT2D eigenvalue weighted by atomic mass is 127. The van der Waals surface area contributed by atoms with Gasteiger partial charge in [-0.25, -0.2) is 9.69 Å². The molecular weight excluding hydrogens is 654 g/mol. The van der Waals surface area contributed by atoms with Gasteiger partial charge in [0.15, 0.2) is 11.5 Å². The first-order chi connectivity index (χ1) is 17.7. The highest BCUT2D eigenvalue weighted by Crippen LogP contribution is 2.36. The van der Waals surface area contributed by atoms with E-state index in [1.54, 1.807) is 18.2 Å². The Hall–Kier alpha value is -2.79. The zero-order chi connectivity index (χ0) is 26.7. The number of carbonyl (C=O) groups is 3. The molecule has 1 heterocycles. The molecule has 0 aliphatic carbocycles. The van der Waals surface area contributed by atoms with Gasteiger partial charge in [-0.2, -0.15) is 0 Å². The van der Waals surface area contributed by atoms with Crippen LogP contribution in [-0.4, -0.2) is 24.5 Å². The molecule has 11 heteroatoms. The van der Waals surface area contributed by atoms with Crippen LogP contribution in [0.15, 0.2) is 60.2 Å². The first-order valence-electron chi connectivity index (χ1n) is 10.9. The van der Waals surface area contributed by atoms with Gasteiger partial charge in [0.1, 0.15) is 12.2 Å². The molecule has 1 aliphatic rings. The summed E-state index contributed by atoms with van der Waals surface area (Å²) < 4.78 is 12.5. The SMILES string of the molecule is CCOc1cc(/C=C2\C(=O)NC(=O)N(c3ccc(Cl)c(Cl)c3)C2=O)cc(I)c1OCc1cccc(Cl)c1. The third-order valence-electron chi connectivity index (χ3n) is 5.18. The van der Waals surface area contributed by atoms with E-state index in [4.69, 9.17) is 44.3 Å². The fourth-order valence-electron chi connectivity index (χ4n) is 3.54. The summed E-state index contributed by atoms with van der Waals surface area (Å²) >= 11 is 20.2. The van der Waals surface area contributed by atoms with Gasteiger partial charge < -0.3 is 9.47 Å². The Morgan fingerprint density at radius 1 is 0.973 bits per heavy atom. The molecule has 1 aliphatic heterocycles. The normalized spacial score (nSPS) is 14.7. The summed E-state index contributed by atoms with van der Waals surface area (Å²) in [5, 5.41) is 3.21. The van der Waals surface area contributed by atoms with Gasteiger partial charge in [0, 0.05) is 5.02 Å². The van der Waals surface area contributed by atoms with E-state index in [1.807, 2.05) is 25.1 Å². The first-order valence-corrected chi connectivity index (χ1v) is 13.1. The summed E-state index contributed by atoms with van der Waals surface area (Å²) in [4.78, 5) is 39.1. The number of barbiturate groups is 1. The van der Waals surface area contributed by atoms with Crippen LogP contribution in [0.2, 0.25) is 15.1 Å². The van der Waals surface area contributed by atoms with Crippen molar-refractivity contribution in [3.63, 3.8) is 0 Å². The minimum absolute atomic E-state index is 0.159. The van der Waals surface area contributed by atoms with Crippen molar-refractivity contribution in [1.29, 1.82) is 0 Å². The number of rotatable bonds is 7. The molecule has 4 amide bonds. The fraction of sp³-hybridized carbons (Fsp3) is 0.115. The molecule has 1 saturated heterocycles. The third kappa shape index (κ3) is 6.20. The lowest BCUT2D eigenvalue weighted by atomic mass is 10.1. The molecule has 0 saturated carbocycles. The zero-order valence-corrected chi connectivity index (χ0v) is 23.6. The molecule has 1 fully saturated rings. The van der Waals surface area contributed by atoms with E-state index in [0.29, 0.717) is 32.3 Å². The van der Waals surface area contributed by atoms with E-state index in [9.17, 15) is 14.4 Å². The minimum atomic E-state index is -0.889. The predicted molar refractivity (Wildman–Crippen MR) is 152 cm³/mol. The van der Waals surface area contributed by atoms with Crippen LogP contribution in [0.1, 0.15) is 18.1 Å². The Bertz CT molecular complexity index is 1440. The lowest BCUT2D eigenvalue weighted by Gasteiger charge is -2.26. The van der Waals surface area contributed by atoms with Gasteiger partial charge in [-0.3, -0.25) is 14.9 Å². The van der Waals surface area contributed by atoms with E-state index in [-0.39, 0.29) is 27.9 Å². The summed E-state index contributed by atoms with van der Waals surface area (Å²) in [6.45, 7) is 2.46. The molecule has 0 aromatic heterocycles. The van der Waals surface area contributed by atoms with Crippen LogP contribution in [-0.2, 0) is 16.2 Å². The number of amides is 4. The van der Waals surface area contributed by atoms with Gasteiger partial charge in [0.05, 0.1) is 25.9 Å². The molecular formula is C26H18Cl3IN2O5. The zero-order valence-electron chi connectivity index (χ0n) is 19.2. The number of benzene rings is 3. The molecule has 0 bridgehead atoms. The van der Waals surface area contributed by atoms with Gasteiger partial charge in [0.25, 0.3) is 11.8 Å². The van der Waals surface area contributed by atoms with Crippen molar-refractivity contribution in [2.45, 2.75) is 13.5 Å². The Morgan fingerprint density at radius 2 is 1.76 bits per heavy atom. The number of hydrogen-bond donors (Lipinski definition) is 1. The van der Waals surface area contributed by atoms with E-state index in [0.717, 1.165) is 10.5 Å². The number of anilines is 1. The quantitative estimate of drug-likeness (QED) is 0.168. The highest BCUT2D eigenvalue weighted by Gasteiger charge is 2.37. The van der Waals surface area contributed by atoms with Gasteiger partial charge in [0.2, 0.25) is 0 Å². The summed E-state index contributed by atoms with van der Waals surface area (Å²) in [5.41, 5.74) is 1.32. The predicted octanol–water partition coefficient (Wildman–Crippen LogP) is 6.90. The van der Waals surface area contributed by atoms with Crippen molar-refractivity contribution >= 4 is 87.0 Å². The smallest absolute Gasteiger partial charge is 0.335 e. The molecule has 7 nitrogen and oxygen atoms in total. The summed E-state index contributed by atoms with van der Waals surface area (Å²) in [5.74, 6) is -0.678.